The van der Waals surface area contributed by atoms with E-state index in [-0.39, 0.29) is 5.75 Å². The lowest BCUT2D eigenvalue weighted by molar-refractivity contribution is 0.194. The first kappa shape index (κ1) is 11.3. The summed E-state index contributed by atoms with van der Waals surface area (Å²) in [6, 6.07) is 3.28. The fraction of sp³-hybridized carbons (Fsp3) is 0.400. The first-order chi connectivity index (χ1) is 6.54. The summed E-state index contributed by atoms with van der Waals surface area (Å²) < 4.78 is 5.78. The molecule has 78 valence electrons. The molecule has 2 N–H and O–H groups in total. The van der Waals surface area contributed by atoms with Crippen molar-refractivity contribution in [1.29, 1.82) is 0 Å². The number of methoxy groups -OCH3 is 1. The van der Waals surface area contributed by atoms with Crippen LogP contribution in [0.2, 0.25) is 0 Å². The fourth-order valence-corrected chi connectivity index (χ4v) is 1.72. The molecule has 0 aliphatic heterocycles. The summed E-state index contributed by atoms with van der Waals surface area (Å²) in [6.45, 7) is 1.67. The number of halogens is 1. The Morgan fingerprint density at radius 2 is 2.14 bits per heavy atom. The van der Waals surface area contributed by atoms with Crippen LogP contribution in [0.25, 0.3) is 0 Å². The van der Waals surface area contributed by atoms with E-state index in [1.165, 1.54) is 0 Å². The first-order valence-corrected chi connectivity index (χ1v) is 5.07. The molecule has 0 spiro atoms. The van der Waals surface area contributed by atoms with Crippen molar-refractivity contribution in [2.45, 2.75) is 19.4 Å². The topological polar surface area (TPSA) is 49.7 Å². The summed E-state index contributed by atoms with van der Waals surface area (Å²) in [5.41, 5.74) is 0.681. The largest absolute Gasteiger partial charge is 0.508 e. The van der Waals surface area contributed by atoms with E-state index >= 15 is 0 Å². The quantitative estimate of drug-likeness (QED) is 0.875. The molecule has 1 aromatic carbocycles. The number of ether oxygens (including phenoxy) is 1. The number of phenolic OH excluding ortho intramolecular Hbond substituents is 1. The van der Waals surface area contributed by atoms with Crippen LogP contribution in [0.1, 0.15) is 12.5 Å². The lowest BCUT2D eigenvalue weighted by atomic mass is 10.1. The molecule has 0 radical (unpaired) electrons. The number of hydrogen-bond acceptors (Lipinski definition) is 3. The van der Waals surface area contributed by atoms with Gasteiger partial charge >= 0.3 is 0 Å². The van der Waals surface area contributed by atoms with E-state index in [9.17, 15) is 10.2 Å². The molecule has 14 heavy (non-hydrogen) atoms. The van der Waals surface area contributed by atoms with E-state index in [0.717, 1.165) is 0 Å². The Morgan fingerprint density at radius 3 is 2.64 bits per heavy atom. The van der Waals surface area contributed by atoms with Crippen LogP contribution < -0.4 is 4.74 Å². The van der Waals surface area contributed by atoms with Gasteiger partial charge in [0.25, 0.3) is 0 Å². The molecule has 1 aromatic rings. The molecule has 0 amide bonds. The van der Waals surface area contributed by atoms with Gasteiger partial charge in [-0.1, -0.05) is 0 Å². The Balaban J connectivity index is 3.04. The number of rotatable bonds is 3. The molecule has 3 nitrogen and oxygen atoms in total. The lowest BCUT2D eigenvalue weighted by Crippen LogP contribution is -2.04. The number of benzene rings is 1. The highest BCUT2D eigenvalue weighted by atomic mass is 79.9. The van der Waals surface area contributed by atoms with Gasteiger partial charge in [-0.3, -0.25) is 0 Å². The molecule has 0 saturated heterocycles. The van der Waals surface area contributed by atoms with Gasteiger partial charge in [0.05, 0.1) is 17.7 Å². The van der Waals surface area contributed by atoms with Crippen LogP contribution in [0.4, 0.5) is 0 Å². The van der Waals surface area contributed by atoms with Gasteiger partial charge in [0.1, 0.15) is 11.5 Å². The van der Waals surface area contributed by atoms with Crippen LogP contribution in [0.15, 0.2) is 16.6 Å². The fourth-order valence-electron chi connectivity index (χ4n) is 1.22. The van der Waals surface area contributed by atoms with Gasteiger partial charge in [-0.25, -0.2) is 0 Å². The molecule has 0 aliphatic rings. The van der Waals surface area contributed by atoms with Crippen molar-refractivity contribution >= 4 is 15.9 Å². The summed E-state index contributed by atoms with van der Waals surface area (Å²) in [6.07, 6.45) is -0.0677. The van der Waals surface area contributed by atoms with Gasteiger partial charge in [0, 0.05) is 12.0 Å². The predicted octanol–water partition coefficient (Wildman–Crippen LogP) is 2.09. The minimum Gasteiger partial charge on any atom is -0.508 e. The zero-order chi connectivity index (χ0) is 10.7. The first-order valence-electron chi connectivity index (χ1n) is 4.28. The molecule has 0 fully saturated rings. The minimum absolute atomic E-state index is 0.165. The third-order valence-electron chi connectivity index (χ3n) is 1.87. The SMILES string of the molecule is COc1cc(CC(C)O)c(O)cc1Br. The van der Waals surface area contributed by atoms with Crippen molar-refractivity contribution in [3.8, 4) is 11.5 Å². The van der Waals surface area contributed by atoms with Crippen molar-refractivity contribution < 1.29 is 14.9 Å². The molecular weight excluding hydrogens is 248 g/mol. The smallest absolute Gasteiger partial charge is 0.133 e. The molecule has 0 saturated carbocycles. The average Bonchev–Trinajstić information content (AvgIpc) is 2.09. The van der Waals surface area contributed by atoms with Crippen molar-refractivity contribution in [3.05, 3.63) is 22.2 Å². The Labute approximate surface area is 91.5 Å². The zero-order valence-corrected chi connectivity index (χ0v) is 9.71. The van der Waals surface area contributed by atoms with Crippen LogP contribution in [0.5, 0.6) is 11.5 Å². The standard InChI is InChI=1S/C10H13BrO3/c1-6(12)3-7-4-10(14-2)8(11)5-9(7)13/h4-6,12-13H,3H2,1-2H3. The normalized spacial score (nSPS) is 12.6. The Hall–Kier alpha value is -0.740. The van der Waals surface area contributed by atoms with E-state index in [0.29, 0.717) is 22.2 Å². The number of hydrogen-bond donors (Lipinski definition) is 2. The number of aromatic hydroxyl groups is 1. The van der Waals surface area contributed by atoms with Crippen LogP contribution in [0.3, 0.4) is 0 Å². The van der Waals surface area contributed by atoms with Crippen LogP contribution in [0, 0.1) is 0 Å². The van der Waals surface area contributed by atoms with Crippen LogP contribution >= 0.6 is 15.9 Å². The number of aliphatic hydroxyl groups excluding tert-OH is 1. The molecule has 0 bridgehead atoms. The average molecular weight is 261 g/mol. The van der Waals surface area contributed by atoms with Gasteiger partial charge < -0.3 is 14.9 Å². The zero-order valence-electron chi connectivity index (χ0n) is 8.12. The summed E-state index contributed by atoms with van der Waals surface area (Å²) in [5.74, 6) is 0.817. The van der Waals surface area contributed by atoms with Crippen molar-refractivity contribution in [3.63, 3.8) is 0 Å². The summed E-state index contributed by atoms with van der Waals surface area (Å²) in [4.78, 5) is 0. The number of aliphatic hydroxyl groups is 1. The minimum atomic E-state index is -0.480. The predicted molar refractivity (Wildman–Crippen MR) is 57.7 cm³/mol. The highest BCUT2D eigenvalue weighted by Crippen LogP contribution is 2.32. The van der Waals surface area contributed by atoms with E-state index in [1.54, 1.807) is 26.2 Å². The van der Waals surface area contributed by atoms with Gasteiger partial charge in [-0.2, -0.15) is 0 Å². The molecule has 0 aliphatic carbocycles. The molecular formula is C10H13BrO3. The maximum absolute atomic E-state index is 9.56. The van der Waals surface area contributed by atoms with E-state index in [4.69, 9.17) is 4.74 Å². The third-order valence-corrected chi connectivity index (χ3v) is 2.49. The maximum Gasteiger partial charge on any atom is 0.133 e. The van der Waals surface area contributed by atoms with Gasteiger partial charge in [0.15, 0.2) is 0 Å². The van der Waals surface area contributed by atoms with E-state index in [1.807, 2.05) is 0 Å². The second kappa shape index (κ2) is 4.66. The van der Waals surface area contributed by atoms with E-state index < -0.39 is 6.10 Å². The highest BCUT2D eigenvalue weighted by molar-refractivity contribution is 9.10. The Bertz CT molecular complexity index is 323. The van der Waals surface area contributed by atoms with Crippen molar-refractivity contribution in [1.82, 2.24) is 0 Å². The Morgan fingerprint density at radius 1 is 1.50 bits per heavy atom. The van der Waals surface area contributed by atoms with Gasteiger partial charge in [0.2, 0.25) is 0 Å². The molecule has 0 aromatic heterocycles. The van der Waals surface area contributed by atoms with Crippen molar-refractivity contribution in [2.24, 2.45) is 0 Å². The molecule has 1 rings (SSSR count). The lowest BCUT2D eigenvalue weighted by Gasteiger charge is -2.10. The second-order valence-corrected chi connectivity index (χ2v) is 4.02. The summed E-state index contributed by atoms with van der Waals surface area (Å²) >= 11 is 3.26. The third kappa shape index (κ3) is 2.62. The summed E-state index contributed by atoms with van der Waals surface area (Å²) in [7, 11) is 1.56. The monoisotopic (exact) mass is 260 g/mol. The molecule has 1 unspecified atom stereocenters. The van der Waals surface area contributed by atoms with E-state index in [2.05, 4.69) is 15.9 Å². The summed E-state index contributed by atoms with van der Waals surface area (Å²) in [5, 5.41) is 18.8. The Kier molecular flexibility index (Phi) is 3.77. The highest BCUT2D eigenvalue weighted by Gasteiger charge is 2.09. The van der Waals surface area contributed by atoms with Crippen LogP contribution in [-0.4, -0.2) is 23.4 Å². The number of phenols is 1. The van der Waals surface area contributed by atoms with Crippen LogP contribution in [-0.2, 0) is 6.42 Å². The molecule has 4 heteroatoms. The molecule has 0 heterocycles. The maximum atomic E-state index is 9.56. The van der Waals surface area contributed by atoms with Crippen molar-refractivity contribution in [2.75, 3.05) is 7.11 Å². The van der Waals surface area contributed by atoms with Gasteiger partial charge in [-0.15, -0.1) is 0 Å². The second-order valence-electron chi connectivity index (χ2n) is 3.17. The van der Waals surface area contributed by atoms with Gasteiger partial charge in [-0.05, 0) is 35.0 Å². The molecule has 1 atom stereocenters.